The lowest BCUT2D eigenvalue weighted by atomic mass is 10.1. The molecule has 0 aliphatic heterocycles. The predicted octanol–water partition coefficient (Wildman–Crippen LogP) is 1.27. The SMILES string of the molecule is COc1cc(C(=O)NCC(=O)NC(C)C)cc(OC)c1C. The minimum Gasteiger partial charge on any atom is -0.496 e. The molecule has 6 heteroatoms. The van der Waals surface area contributed by atoms with Gasteiger partial charge in [0.05, 0.1) is 20.8 Å². The van der Waals surface area contributed by atoms with Gasteiger partial charge in [-0.15, -0.1) is 0 Å². The van der Waals surface area contributed by atoms with Crippen LogP contribution >= 0.6 is 0 Å². The van der Waals surface area contributed by atoms with Crippen LogP contribution in [-0.4, -0.2) is 38.6 Å². The number of benzene rings is 1. The molecule has 0 atom stereocenters. The van der Waals surface area contributed by atoms with Gasteiger partial charge in [-0.2, -0.15) is 0 Å². The Bertz CT molecular complexity index is 501. The zero-order valence-electron chi connectivity index (χ0n) is 13.1. The van der Waals surface area contributed by atoms with E-state index in [4.69, 9.17) is 9.47 Å². The van der Waals surface area contributed by atoms with Crippen LogP contribution in [0.25, 0.3) is 0 Å². The van der Waals surface area contributed by atoms with E-state index in [1.807, 2.05) is 20.8 Å². The number of carbonyl (C=O) groups excluding carboxylic acids is 2. The van der Waals surface area contributed by atoms with Gasteiger partial charge in [0, 0.05) is 17.2 Å². The molecule has 0 heterocycles. The van der Waals surface area contributed by atoms with Crippen molar-refractivity contribution >= 4 is 11.8 Å². The first-order valence-electron chi connectivity index (χ1n) is 6.69. The molecule has 2 amide bonds. The molecule has 0 aromatic heterocycles. The highest BCUT2D eigenvalue weighted by atomic mass is 16.5. The first kappa shape index (κ1) is 16.8. The normalized spacial score (nSPS) is 10.2. The standard InChI is InChI=1S/C15H22N2O4/c1-9(2)17-14(18)8-16-15(19)11-6-12(20-4)10(3)13(7-11)21-5/h6-7,9H,8H2,1-5H3,(H,16,19)(H,17,18). The van der Waals surface area contributed by atoms with Crippen LogP contribution in [0.5, 0.6) is 11.5 Å². The Hall–Kier alpha value is -2.24. The summed E-state index contributed by atoms with van der Waals surface area (Å²) < 4.78 is 10.4. The molecule has 1 rings (SSSR count). The van der Waals surface area contributed by atoms with Crippen molar-refractivity contribution in [3.63, 3.8) is 0 Å². The predicted molar refractivity (Wildman–Crippen MR) is 79.9 cm³/mol. The van der Waals surface area contributed by atoms with Gasteiger partial charge in [0.15, 0.2) is 0 Å². The van der Waals surface area contributed by atoms with Crippen molar-refractivity contribution in [3.8, 4) is 11.5 Å². The molecule has 0 bridgehead atoms. The number of carbonyl (C=O) groups is 2. The molecule has 0 fully saturated rings. The monoisotopic (exact) mass is 294 g/mol. The van der Waals surface area contributed by atoms with Gasteiger partial charge in [-0.25, -0.2) is 0 Å². The summed E-state index contributed by atoms with van der Waals surface area (Å²) >= 11 is 0. The highest BCUT2D eigenvalue weighted by Crippen LogP contribution is 2.29. The molecule has 116 valence electrons. The number of ether oxygens (including phenoxy) is 2. The maximum atomic E-state index is 12.1. The van der Waals surface area contributed by atoms with Crippen LogP contribution in [0, 0.1) is 6.92 Å². The van der Waals surface area contributed by atoms with E-state index >= 15 is 0 Å². The molecule has 0 unspecified atom stereocenters. The molecule has 1 aromatic rings. The van der Waals surface area contributed by atoms with Crippen molar-refractivity contribution in [3.05, 3.63) is 23.3 Å². The Labute approximate surface area is 124 Å². The van der Waals surface area contributed by atoms with Gasteiger partial charge in [0.25, 0.3) is 5.91 Å². The van der Waals surface area contributed by atoms with Crippen molar-refractivity contribution < 1.29 is 19.1 Å². The summed E-state index contributed by atoms with van der Waals surface area (Å²) in [5.41, 5.74) is 1.20. The number of rotatable bonds is 6. The molecular formula is C15H22N2O4. The first-order chi connectivity index (χ1) is 9.88. The van der Waals surface area contributed by atoms with E-state index in [-0.39, 0.29) is 24.4 Å². The number of hydrogen-bond donors (Lipinski definition) is 2. The maximum Gasteiger partial charge on any atom is 0.251 e. The molecule has 0 radical (unpaired) electrons. The zero-order valence-corrected chi connectivity index (χ0v) is 13.1. The van der Waals surface area contributed by atoms with Gasteiger partial charge in [-0.05, 0) is 32.9 Å². The molecule has 1 aromatic carbocycles. The van der Waals surface area contributed by atoms with E-state index in [1.165, 1.54) is 14.2 Å². The highest BCUT2D eigenvalue weighted by molar-refractivity contribution is 5.97. The molecule has 21 heavy (non-hydrogen) atoms. The van der Waals surface area contributed by atoms with E-state index in [1.54, 1.807) is 12.1 Å². The molecule has 0 saturated heterocycles. The summed E-state index contributed by atoms with van der Waals surface area (Å²) in [5, 5.41) is 5.26. The molecule has 0 aliphatic carbocycles. The lowest BCUT2D eigenvalue weighted by molar-refractivity contribution is -0.120. The van der Waals surface area contributed by atoms with Gasteiger partial charge in [0.2, 0.25) is 5.91 Å². The summed E-state index contributed by atoms with van der Waals surface area (Å²) in [6.07, 6.45) is 0. The molecule has 6 nitrogen and oxygen atoms in total. The third-order valence-corrected chi connectivity index (χ3v) is 2.87. The van der Waals surface area contributed by atoms with Crippen LogP contribution in [0.1, 0.15) is 29.8 Å². The van der Waals surface area contributed by atoms with Crippen LogP contribution < -0.4 is 20.1 Å². The number of methoxy groups -OCH3 is 2. The van der Waals surface area contributed by atoms with Crippen LogP contribution in [0.15, 0.2) is 12.1 Å². The van der Waals surface area contributed by atoms with Crippen molar-refractivity contribution in [2.75, 3.05) is 20.8 Å². The van der Waals surface area contributed by atoms with E-state index in [0.29, 0.717) is 17.1 Å². The minimum absolute atomic E-state index is 0.0361. The van der Waals surface area contributed by atoms with Crippen LogP contribution in [0.2, 0.25) is 0 Å². The minimum atomic E-state index is -0.356. The molecule has 0 aliphatic rings. The Morgan fingerprint density at radius 1 is 1.14 bits per heavy atom. The van der Waals surface area contributed by atoms with Gasteiger partial charge < -0.3 is 20.1 Å². The van der Waals surface area contributed by atoms with Crippen molar-refractivity contribution in [2.24, 2.45) is 0 Å². The van der Waals surface area contributed by atoms with E-state index in [2.05, 4.69) is 10.6 Å². The van der Waals surface area contributed by atoms with E-state index in [0.717, 1.165) is 5.56 Å². The lowest BCUT2D eigenvalue weighted by Gasteiger charge is -2.13. The Balaban J connectivity index is 2.81. The summed E-state index contributed by atoms with van der Waals surface area (Å²) in [6, 6.07) is 3.27. The highest BCUT2D eigenvalue weighted by Gasteiger charge is 2.14. The van der Waals surface area contributed by atoms with Crippen LogP contribution in [0.3, 0.4) is 0 Å². The second-order valence-electron chi connectivity index (χ2n) is 4.91. The maximum absolute atomic E-state index is 12.1. The number of amides is 2. The fraction of sp³-hybridized carbons (Fsp3) is 0.467. The van der Waals surface area contributed by atoms with Crippen molar-refractivity contribution in [1.82, 2.24) is 10.6 Å². The fourth-order valence-corrected chi connectivity index (χ4v) is 1.85. The topological polar surface area (TPSA) is 76.7 Å². The third-order valence-electron chi connectivity index (χ3n) is 2.87. The Kier molecular flexibility index (Phi) is 6.02. The average molecular weight is 294 g/mol. The molecule has 2 N–H and O–H groups in total. The van der Waals surface area contributed by atoms with E-state index in [9.17, 15) is 9.59 Å². The summed E-state index contributed by atoms with van der Waals surface area (Å²) in [5.74, 6) is 0.534. The summed E-state index contributed by atoms with van der Waals surface area (Å²) in [6.45, 7) is 5.48. The largest absolute Gasteiger partial charge is 0.496 e. The van der Waals surface area contributed by atoms with Crippen LogP contribution in [0.4, 0.5) is 0 Å². The number of nitrogens with one attached hydrogen (secondary N) is 2. The van der Waals surface area contributed by atoms with Crippen molar-refractivity contribution in [2.45, 2.75) is 26.8 Å². The van der Waals surface area contributed by atoms with Gasteiger partial charge in [0.1, 0.15) is 11.5 Å². The molecule has 0 spiro atoms. The van der Waals surface area contributed by atoms with Crippen molar-refractivity contribution in [1.29, 1.82) is 0 Å². The Morgan fingerprint density at radius 3 is 2.10 bits per heavy atom. The quantitative estimate of drug-likeness (QED) is 0.828. The molecular weight excluding hydrogens is 272 g/mol. The van der Waals surface area contributed by atoms with Crippen LogP contribution in [-0.2, 0) is 4.79 Å². The smallest absolute Gasteiger partial charge is 0.251 e. The first-order valence-corrected chi connectivity index (χ1v) is 6.69. The fourth-order valence-electron chi connectivity index (χ4n) is 1.85. The second kappa shape index (κ2) is 7.52. The molecule has 0 saturated carbocycles. The summed E-state index contributed by atoms with van der Waals surface area (Å²) in [4.78, 5) is 23.6. The zero-order chi connectivity index (χ0) is 16.0. The van der Waals surface area contributed by atoms with Gasteiger partial charge in [-0.1, -0.05) is 0 Å². The number of hydrogen-bond acceptors (Lipinski definition) is 4. The van der Waals surface area contributed by atoms with Gasteiger partial charge in [-0.3, -0.25) is 9.59 Å². The Morgan fingerprint density at radius 2 is 1.67 bits per heavy atom. The van der Waals surface area contributed by atoms with E-state index < -0.39 is 0 Å². The second-order valence-corrected chi connectivity index (χ2v) is 4.91. The van der Waals surface area contributed by atoms with Gasteiger partial charge >= 0.3 is 0 Å². The average Bonchev–Trinajstić information content (AvgIpc) is 2.44. The lowest BCUT2D eigenvalue weighted by Crippen LogP contribution is -2.39. The third kappa shape index (κ3) is 4.66. The summed E-state index contributed by atoms with van der Waals surface area (Å²) in [7, 11) is 3.05.